The number of aromatic nitrogens is 1. The zero-order valence-electron chi connectivity index (χ0n) is 29.3. The maximum atomic E-state index is 12.9. The predicted octanol–water partition coefficient (Wildman–Crippen LogP) is 4.10. The Hall–Kier alpha value is -4.14. The summed E-state index contributed by atoms with van der Waals surface area (Å²) in [6, 6.07) is 11.4. The summed E-state index contributed by atoms with van der Waals surface area (Å²) in [5.74, 6) is -2.09. The summed E-state index contributed by atoms with van der Waals surface area (Å²) in [5.41, 5.74) is 4.73. The molecule has 2 aromatic carbocycles. The number of hydrogen-bond acceptors (Lipinski definition) is 9. The first-order valence-corrected chi connectivity index (χ1v) is 21.4. The fourth-order valence-corrected chi connectivity index (χ4v) is 9.73. The van der Waals surface area contributed by atoms with Crippen molar-refractivity contribution < 1.29 is 46.0 Å². The van der Waals surface area contributed by atoms with Crippen molar-refractivity contribution in [1.82, 2.24) is 5.32 Å². The first-order valence-electron chi connectivity index (χ1n) is 16.6. The quantitative estimate of drug-likeness (QED) is 0.0841. The molecule has 1 aliphatic heterocycles. The zero-order valence-corrected chi connectivity index (χ0v) is 32.7. The molecule has 0 spiro atoms. The van der Waals surface area contributed by atoms with Gasteiger partial charge in [-0.15, -0.1) is 0 Å². The van der Waals surface area contributed by atoms with Crippen molar-refractivity contribution in [2.24, 2.45) is 5.41 Å². The number of allylic oxidation sites excluding steroid dienone is 6. The van der Waals surface area contributed by atoms with Gasteiger partial charge in [-0.1, -0.05) is 0 Å². The molecule has 0 radical (unpaired) electrons. The number of carboxylic acids is 1. The van der Waals surface area contributed by atoms with Crippen molar-refractivity contribution in [3.05, 3.63) is 87.9 Å². The SMILES string of the molecule is Cc1ccc2[se]c(/C=C3C=C(/C=C/C=C4\Oc5ccc(S(C)=O)cc5N4CCCCS(=O)(=O)[O-])CC(C)(C)C/3)[n+](CC(=O)NC(=O)CC(=O)O)c2c1. The average molecular weight is 815 g/mol. The molecule has 15 heteroatoms. The Labute approximate surface area is 311 Å². The van der Waals surface area contributed by atoms with Gasteiger partial charge in [0.2, 0.25) is 0 Å². The van der Waals surface area contributed by atoms with Crippen molar-refractivity contribution in [3.8, 4) is 5.75 Å². The van der Waals surface area contributed by atoms with E-state index in [1.54, 1.807) is 24.5 Å². The third-order valence-corrected chi connectivity index (χ3v) is 12.5. The van der Waals surface area contributed by atoms with Gasteiger partial charge in [-0.25, -0.2) is 8.42 Å². The second-order valence-electron chi connectivity index (χ2n) is 13.7. The molecule has 5 rings (SSSR count). The van der Waals surface area contributed by atoms with Crippen molar-refractivity contribution in [3.63, 3.8) is 0 Å². The molecule has 2 heterocycles. The summed E-state index contributed by atoms with van der Waals surface area (Å²) in [6.07, 6.45) is 13.0. The van der Waals surface area contributed by atoms with Crippen LogP contribution in [0, 0.1) is 12.3 Å². The second kappa shape index (κ2) is 16.3. The van der Waals surface area contributed by atoms with Crippen LogP contribution in [-0.4, -0.2) is 73.1 Å². The summed E-state index contributed by atoms with van der Waals surface area (Å²) in [6.45, 7) is 6.63. The monoisotopic (exact) mass is 815 g/mol. The van der Waals surface area contributed by atoms with Crippen LogP contribution in [-0.2, 0) is 41.8 Å². The number of nitrogens with one attached hydrogen (secondary N) is 1. The van der Waals surface area contributed by atoms with Crippen LogP contribution in [0.3, 0.4) is 0 Å². The minimum atomic E-state index is -4.32. The molecule has 2 aliphatic rings. The van der Waals surface area contributed by atoms with E-state index in [1.165, 1.54) is 0 Å². The fourth-order valence-electron chi connectivity index (χ4n) is 6.29. The number of benzene rings is 2. The molecular formula is C37H41N3O9S2Se. The van der Waals surface area contributed by atoms with E-state index in [1.807, 2.05) is 46.8 Å². The Bertz CT molecular complexity index is 2180. The number of aryl methyl sites for hydroxylation is 1. The van der Waals surface area contributed by atoms with Crippen molar-refractivity contribution >= 4 is 74.7 Å². The van der Waals surface area contributed by atoms with Gasteiger partial charge in [0.25, 0.3) is 0 Å². The van der Waals surface area contributed by atoms with Gasteiger partial charge in [0.05, 0.1) is 10.1 Å². The molecule has 0 fully saturated rings. The van der Waals surface area contributed by atoms with Gasteiger partial charge in [-0.2, -0.15) is 0 Å². The van der Waals surface area contributed by atoms with E-state index in [0.29, 0.717) is 29.5 Å². The number of fused-ring (bicyclic) bond motifs is 2. The molecule has 3 aromatic rings. The minimum absolute atomic E-state index is 0.0747. The third-order valence-electron chi connectivity index (χ3n) is 8.43. The first kappa shape index (κ1) is 39.1. The van der Waals surface area contributed by atoms with E-state index in [2.05, 4.69) is 37.4 Å². The number of imide groups is 1. The molecule has 1 atom stereocenters. The molecule has 2 N–H and O–H groups in total. The van der Waals surface area contributed by atoms with E-state index in [-0.39, 0.29) is 32.9 Å². The van der Waals surface area contributed by atoms with Gasteiger partial charge < -0.3 is 4.55 Å². The molecule has 12 nitrogen and oxygen atoms in total. The van der Waals surface area contributed by atoms with E-state index < -0.39 is 50.9 Å². The van der Waals surface area contributed by atoms with Crippen molar-refractivity contribution in [2.75, 3.05) is 23.5 Å². The molecule has 1 aliphatic carbocycles. The first-order chi connectivity index (χ1) is 24.5. The van der Waals surface area contributed by atoms with Crippen LogP contribution in [0.4, 0.5) is 5.69 Å². The second-order valence-corrected chi connectivity index (χ2v) is 18.8. The molecule has 1 aromatic heterocycles. The Morgan fingerprint density at radius 3 is 2.62 bits per heavy atom. The van der Waals surface area contributed by atoms with Crippen LogP contribution < -0.4 is 19.5 Å². The number of rotatable bonds is 13. The number of anilines is 1. The summed E-state index contributed by atoms with van der Waals surface area (Å²) in [4.78, 5) is 38.4. The Morgan fingerprint density at radius 2 is 1.90 bits per heavy atom. The van der Waals surface area contributed by atoms with E-state index in [9.17, 15) is 31.6 Å². The number of carbonyl (C=O) groups is 3. The average Bonchev–Trinajstić information content (AvgIpc) is 3.53. The van der Waals surface area contributed by atoms with Gasteiger partial charge in [0.1, 0.15) is 0 Å². The number of carbonyl (C=O) groups excluding carboxylic acids is 2. The number of aliphatic carboxylic acids is 1. The standard InChI is InChI=1S/C37H41N3O9S2Se/c1-24-10-13-31-29(16-24)40(23-33(42)38-32(41)20-36(43)44)35(52-31)18-26-17-25(21-37(2,3)22-26)8-7-9-34-39(14-5-6-15-51(46,47)48)28-19-27(50(4)45)11-12-30(28)49-34/h7-13,16-19H,5-6,14-15,20-23H2,1-4H3,(H2-,38,41,42,43,44,46,47,48). The molecule has 1 unspecified atom stereocenters. The fraction of sp³-hybridized carbons (Fsp3) is 0.351. The summed E-state index contributed by atoms with van der Waals surface area (Å²) in [5, 5.41) is 11.1. The number of ether oxygens (including phenoxy) is 1. The predicted molar refractivity (Wildman–Crippen MR) is 198 cm³/mol. The van der Waals surface area contributed by atoms with Crippen molar-refractivity contribution in [1.29, 1.82) is 0 Å². The number of unbranched alkanes of at least 4 members (excludes halogenated alkanes) is 1. The normalized spacial score (nSPS) is 17.7. The number of nitrogens with zero attached hydrogens (tertiary/aromatic N) is 2. The Balaban J connectivity index is 1.42. The molecule has 0 saturated heterocycles. The van der Waals surface area contributed by atoms with Crippen LogP contribution in [0.5, 0.6) is 5.75 Å². The molecular weight excluding hydrogens is 774 g/mol. The molecule has 0 saturated carbocycles. The zero-order chi connectivity index (χ0) is 37.8. The number of carboxylic acid groups (broad SMARTS) is 1. The van der Waals surface area contributed by atoms with Crippen LogP contribution in [0.25, 0.3) is 15.9 Å². The van der Waals surface area contributed by atoms with E-state index in [4.69, 9.17) is 9.84 Å². The van der Waals surface area contributed by atoms with E-state index >= 15 is 0 Å². The van der Waals surface area contributed by atoms with Crippen molar-refractivity contribution in [2.45, 2.75) is 64.3 Å². The Morgan fingerprint density at radius 1 is 1.13 bits per heavy atom. The summed E-state index contributed by atoms with van der Waals surface area (Å²) >= 11 is -0.113. The van der Waals surface area contributed by atoms with Gasteiger partial charge in [0.15, 0.2) is 0 Å². The molecule has 276 valence electrons. The van der Waals surface area contributed by atoms with Crippen LogP contribution >= 0.6 is 0 Å². The van der Waals surface area contributed by atoms with Gasteiger partial charge in [0, 0.05) is 27.7 Å². The number of amides is 2. The summed E-state index contributed by atoms with van der Waals surface area (Å²) in [7, 11) is -5.54. The molecule has 2 amide bonds. The van der Waals surface area contributed by atoms with Gasteiger partial charge >= 0.3 is 245 Å². The maximum absolute atomic E-state index is 12.9. The topological polar surface area (TPSA) is 174 Å². The third kappa shape index (κ3) is 10.5. The van der Waals surface area contributed by atoms with Crippen LogP contribution in [0.1, 0.15) is 56.1 Å². The molecule has 52 heavy (non-hydrogen) atoms. The molecule has 0 bridgehead atoms. The Kier molecular flexibility index (Phi) is 12.2. The van der Waals surface area contributed by atoms with Crippen LogP contribution in [0.2, 0.25) is 0 Å². The van der Waals surface area contributed by atoms with Gasteiger partial charge in [-0.3, -0.25) is 4.21 Å². The number of hydrogen-bond donors (Lipinski definition) is 2. The summed E-state index contributed by atoms with van der Waals surface area (Å²) < 4.78 is 55.8. The van der Waals surface area contributed by atoms with Crippen LogP contribution in [0.15, 0.2) is 82.6 Å². The van der Waals surface area contributed by atoms with E-state index in [0.717, 1.165) is 49.6 Å². The van der Waals surface area contributed by atoms with Gasteiger partial charge in [-0.05, 0) is 12.5 Å².